The van der Waals surface area contributed by atoms with E-state index in [0.29, 0.717) is 0 Å². The highest BCUT2D eigenvalue weighted by molar-refractivity contribution is 9.10. The molecular weight excluding hydrogens is 382 g/mol. The number of nitrogens with two attached hydrogens (primary N) is 1. The van der Waals surface area contributed by atoms with Crippen molar-refractivity contribution in [3.8, 4) is 5.75 Å². The molecule has 2 nitrogen and oxygen atoms in total. The Hall–Kier alpha value is -0.840. The van der Waals surface area contributed by atoms with E-state index in [0.717, 1.165) is 32.2 Å². The largest absolute Gasteiger partial charge is 0.496 e. The average Bonchev–Trinajstić information content (AvgIpc) is 2.42. The zero-order valence-electron chi connectivity index (χ0n) is 11.5. The van der Waals surface area contributed by atoms with Gasteiger partial charge in [-0.1, -0.05) is 44.0 Å². The van der Waals surface area contributed by atoms with Gasteiger partial charge in [-0.15, -0.1) is 0 Å². The number of methoxy groups -OCH3 is 1. The molecule has 20 heavy (non-hydrogen) atoms. The normalized spacial score (nSPS) is 12.2. The SMILES string of the molecule is COc1ccc(Br)cc1CC(N)c1ccc(Br)c(C)c1. The van der Waals surface area contributed by atoms with Crippen LogP contribution in [0.4, 0.5) is 0 Å². The Morgan fingerprint density at radius 2 is 1.90 bits per heavy atom. The predicted octanol–water partition coefficient (Wildman–Crippen LogP) is 4.77. The molecule has 0 spiro atoms. The molecule has 106 valence electrons. The molecule has 0 fully saturated rings. The van der Waals surface area contributed by atoms with Crippen molar-refractivity contribution < 1.29 is 4.74 Å². The Balaban J connectivity index is 2.24. The minimum atomic E-state index is -0.0509. The predicted molar refractivity (Wildman–Crippen MR) is 90.2 cm³/mol. The third-order valence-electron chi connectivity index (χ3n) is 3.29. The Morgan fingerprint density at radius 1 is 1.15 bits per heavy atom. The first kappa shape index (κ1) is 15.5. The lowest BCUT2D eigenvalue weighted by Gasteiger charge is -2.16. The number of aryl methyl sites for hydroxylation is 1. The van der Waals surface area contributed by atoms with Crippen molar-refractivity contribution in [2.24, 2.45) is 5.73 Å². The van der Waals surface area contributed by atoms with E-state index >= 15 is 0 Å². The fraction of sp³-hybridized carbons (Fsp3) is 0.250. The average molecular weight is 399 g/mol. The summed E-state index contributed by atoms with van der Waals surface area (Å²) in [5.41, 5.74) is 9.77. The number of hydrogen-bond acceptors (Lipinski definition) is 2. The molecule has 0 aromatic heterocycles. The van der Waals surface area contributed by atoms with E-state index in [9.17, 15) is 0 Å². The summed E-state index contributed by atoms with van der Waals surface area (Å²) in [5, 5.41) is 0. The first-order valence-electron chi connectivity index (χ1n) is 6.35. The van der Waals surface area contributed by atoms with Crippen molar-refractivity contribution in [1.29, 1.82) is 0 Å². The number of rotatable bonds is 4. The number of hydrogen-bond donors (Lipinski definition) is 1. The molecule has 2 rings (SSSR count). The highest BCUT2D eigenvalue weighted by Gasteiger charge is 2.12. The van der Waals surface area contributed by atoms with Crippen LogP contribution in [0.1, 0.15) is 22.7 Å². The van der Waals surface area contributed by atoms with Gasteiger partial charge in [-0.05, 0) is 54.3 Å². The second kappa shape index (κ2) is 6.74. The quantitative estimate of drug-likeness (QED) is 0.804. The summed E-state index contributed by atoms with van der Waals surface area (Å²) in [6.45, 7) is 2.07. The molecule has 0 aliphatic rings. The van der Waals surface area contributed by atoms with Crippen LogP contribution in [-0.4, -0.2) is 7.11 Å². The van der Waals surface area contributed by atoms with Gasteiger partial charge in [0.2, 0.25) is 0 Å². The van der Waals surface area contributed by atoms with Crippen molar-refractivity contribution in [2.75, 3.05) is 7.11 Å². The van der Waals surface area contributed by atoms with E-state index in [-0.39, 0.29) is 6.04 Å². The van der Waals surface area contributed by atoms with Crippen molar-refractivity contribution in [1.82, 2.24) is 0 Å². The molecule has 0 saturated heterocycles. The van der Waals surface area contributed by atoms with Crippen LogP contribution in [0.5, 0.6) is 5.75 Å². The Morgan fingerprint density at radius 3 is 2.55 bits per heavy atom. The van der Waals surface area contributed by atoms with E-state index in [1.807, 2.05) is 18.2 Å². The fourth-order valence-corrected chi connectivity index (χ4v) is 2.82. The van der Waals surface area contributed by atoms with Gasteiger partial charge < -0.3 is 10.5 Å². The molecule has 0 saturated carbocycles. The fourth-order valence-electron chi connectivity index (χ4n) is 2.16. The van der Waals surface area contributed by atoms with Crippen LogP contribution in [0.3, 0.4) is 0 Å². The third kappa shape index (κ3) is 3.62. The summed E-state index contributed by atoms with van der Waals surface area (Å²) >= 11 is 7.00. The summed E-state index contributed by atoms with van der Waals surface area (Å²) in [5.74, 6) is 0.873. The summed E-state index contributed by atoms with van der Waals surface area (Å²) in [6.07, 6.45) is 0.740. The van der Waals surface area contributed by atoms with Gasteiger partial charge >= 0.3 is 0 Å². The van der Waals surface area contributed by atoms with Crippen LogP contribution in [0.25, 0.3) is 0 Å². The van der Waals surface area contributed by atoms with Crippen LogP contribution in [-0.2, 0) is 6.42 Å². The second-order valence-electron chi connectivity index (χ2n) is 4.78. The third-order valence-corrected chi connectivity index (χ3v) is 4.68. The summed E-state index contributed by atoms with van der Waals surface area (Å²) in [6, 6.07) is 12.2. The zero-order valence-corrected chi connectivity index (χ0v) is 14.7. The van der Waals surface area contributed by atoms with E-state index in [2.05, 4.69) is 57.0 Å². The van der Waals surface area contributed by atoms with Gasteiger partial charge in [0.15, 0.2) is 0 Å². The summed E-state index contributed by atoms with van der Waals surface area (Å²) in [7, 11) is 1.68. The van der Waals surface area contributed by atoms with Crippen LogP contribution in [0, 0.1) is 6.92 Å². The smallest absolute Gasteiger partial charge is 0.122 e. The zero-order chi connectivity index (χ0) is 14.7. The lowest BCUT2D eigenvalue weighted by Crippen LogP contribution is -2.14. The van der Waals surface area contributed by atoms with Gasteiger partial charge in [0.25, 0.3) is 0 Å². The standard InChI is InChI=1S/C16H17Br2NO/c1-10-7-11(3-5-14(10)18)15(19)9-12-8-13(17)4-6-16(12)20-2/h3-8,15H,9,19H2,1-2H3. The van der Waals surface area contributed by atoms with E-state index in [4.69, 9.17) is 10.5 Å². The molecule has 2 aromatic rings. The molecule has 0 heterocycles. The molecule has 0 bridgehead atoms. The molecule has 0 aliphatic heterocycles. The second-order valence-corrected chi connectivity index (χ2v) is 6.55. The Bertz CT molecular complexity index is 613. The molecule has 2 aromatic carbocycles. The van der Waals surface area contributed by atoms with Crippen LogP contribution in [0.2, 0.25) is 0 Å². The van der Waals surface area contributed by atoms with E-state index in [1.165, 1.54) is 5.56 Å². The lowest BCUT2D eigenvalue weighted by atomic mass is 9.98. The molecule has 0 aliphatic carbocycles. The Labute approximate surface area is 136 Å². The van der Waals surface area contributed by atoms with Gasteiger partial charge in [-0.2, -0.15) is 0 Å². The number of benzene rings is 2. The topological polar surface area (TPSA) is 35.2 Å². The highest BCUT2D eigenvalue weighted by Crippen LogP contribution is 2.28. The van der Waals surface area contributed by atoms with Crippen LogP contribution >= 0.6 is 31.9 Å². The number of halogens is 2. The summed E-state index contributed by atoms with van der Waals surface area (Å²) in [4.78, 5) is 0. The van der Waals surface area contributed by atoms with E-state index in [1.54, 1.807) is 7.11 Å². The molecule has 1 unspecified atom stereocenters. The van der Waals surface area contributed by atoms with Gasteiger partial charge in [-0.3, -0.25) is 0 Å². The molecule has 0 radical (unpaired) electrons. The summed E-state index contributed by atoms with van der Waals surface area (Å²) < 4.78 is 7.54. The Kier molecular flexibility index (Phi) is 5.24. The van der Waals surface area contributed by atoms with Gasteiger partial charge in [0.1, 0.15) is 5.75 Å². The van der Waals surface area contributed by atoms with Gasteiger partial charge in [0.05, 0.1) is 7.11 Å². The first-order chi connectivity index (χ1) is 9.51. The van der Waals surface area contributed by atoms with Gasteiger partial charge in [0, 0.05) is 15.0 Å². The monoisotopic (exact) mass is 397 g/mol. The van der Waals surface area contributed by atoms with Crippen molar-refractivity contribution in [2.45, 2.75) is 19.4 Å². The molecule has 4 heteroatoms. The van der Waals surface area contributed by atoms with Crippen molar-refractivity contribution >= 4 is 31.9 Å². The molecule has 1 atom stereocenters. The first-order valence-corrected chi connectivity index (χ1v) is 7.94. The molecular formula is C16H17Br2NO. The van der Waals surface area contributed by atoms with Crippen molar-refractivity contribution in [3.63, 3.8) is 0 Å². The van der Waals surface area contributed by atoms with Crippen LogP contribution < -0.4 is 10.5 Å². The van der Waals surface area contributed by atoms with Crippen molar-refractivity contribution in [3.05, 3.63) is 62.0 Å². The highest BCUT2D eigenvalue weighted by atomic mass is 79.9. The molecule has 0 amide bonds. The molecule has 2 N–H and O–H groups in total. The number of ether oxygens (including phenoxy) is 1. The lowest BCUT2D eigenvalue weighted by molar-refractivity contribution is 0.408. The maximum Gasteiger partial charge on any atom is 0.122 e. The minimum Gasteiger partial charge on any atom is -0.496 e. The van der Waals surface area contributed by atoms with E-state index < -0.39 is 0 Å². The minimum absolute atomic E-state index is 0.0509. The maximum absolute atomic E-state index is 6.33. The maximum atomic E-state index is 6.33. The van der Waals surface area contributed by atoms with Gasteiger partial charge in [-0.25, -0.2) is 0 Å². The van der Waals surface area contributed by atoms with Crippen LogP contribution in [0.15, 0.2) is 45.3 Å².